The van der Waals surface area contributed by atoms with Crippen LogP contribution in [0.25, 0.3) is 0 Å². The van der Waals surface area contributed by atoms with E-state index in [-0.39, 0.29) is 11.7 Å². The van der Waals surface area contributed by atoms with E-state index < -0.39 is 23.6 Å². The number of alkyl halides is 3. The van der Waals surface area contributed by atoms with Crippen molar-refractivity contribution in [2.75, 3.05) is 33.8 Å². The third kappa shape index (κ3) is 3.72. The summed E-state index contributed by atoms with van der Waals surface area (Å²) >= 11 is 0. The van der Waals surface area contributed by atoms with Crippen molar-refractivity contribution in [3.63, 3.8) is 0 Å². The van der Waals surface area contributed by atoms with Crippen molar-refractivity contribution >= 4 is 0 Å². The van der Waals surface area contributed by atoms with Gasteiger partial charge < -0.3 is 10.1 Å². The Hall–Kier alpha value is -1.18. The fourth-order valence-corrected chi connectivity index (χ4v) is 2.65. The molecule has 1 saturated heterocycles. The molecule has 1 aromatic carbocycles. The van der Waals surface area contributed by atoms with Crippen molar-refractivity contribution < 1.29 is 22.3 Å². The van der Waals surface area contributed by atoms with Crippen LogP contribution in [0.5, 0.6) is 0 Å². The van der Waals surface area contributed by atoms with Gasteiger partial charge in [-0.15, -0.1) is 0 Å². The summed E-state index contributed by atoms with van der Waals surface area (Å²) in [6.45, 7) is 1.57. The van der Waals surface area contributed by atoms with Crippen LogP contribution in [0.1, 0.15) is 17.2 Å². The van der Waals surface area contributed by atoms with Gasteiger partial charge in [0.05, 0.1) is 24.3 Å². The highest BCUT2D eigenvalue weighted by Crippen LogP contribution is 2.35. The quantitative estimate of drug-likeness (QED) is 0.868. The van der Waals surface area contributed by atoms with E-state index in [2.05, 4.69) is 5.32 Å². The molecular weight excluding hydrogens is 288 g/mol. The molecular formula is C14H18F4N2O. The maximum absolute atomic E-state index is 13.6. The largest absolute Gasteiger partial charge is 0.416 e. The van der Waals surface area contributed by atoms with E-state index in [1.54, 1.807) is 14.1 Å². The van der Waals surface area contributed by atoms with Crippen LogP contribution in [0.4, 0.5) is 17.6 Å². The second-order valence-corrected chi connectivity index (χ2v) is 5.16. The Bertz CT molecular complexity index is 490. The van der Waals surface area contributed by atoms with Gasteiger partial charge in [0.25, 0.3) is 0 Å². The van der Waals surface area contributed by atoms with Gasteiger partial charge in [-0.2, -0.15) is 13.2 Å². The molecule has 2 rings (SSSR count). The van der Waals surface area contributed by atoms with Gasteiger partial charge in [0, 0.05) is 13.1 Å². The average Bonchev–Trinajstić information content (AvgIpc) is 2.37. The first-order chi connectivity index (χ1) is 9.82. The minimum Gasteiger partial charge on any atom is -0.374 e. The van der Waals surface area contributed by atoms with Gasteiger partial charge in [0.15, 0.2) is 0 Å². The Morgan fingerprint density at radius 2 is 2.05 bits per heavy atom. The second-order valence-electron chi connectivity index (χ2n) is 5.16. The number of ether oxygens (including phenoxy) is 1. The molecule has 3 nitrogen and oxygen atoms in total. The van der Waals surface area contributed by atoms with Crippen LogP contribution in [-0.2, 0) is 10.9 Å². The zero-order chi connectivity index (χ0) is 15.6. The molecule has 1 aliphatic rings. The summed E-state index contributed by atoms with van der Waals surface area (Å²) in [7, 11) is 3.54. The molecule has 1 N–H and O–H groups in total. The lowest BCUT2D eigenvalue weighted by atomic mass is 9.96. The fourth-order valence-electron chi connectivity index (χ4n) is 2.65. The maximum atomic E-state index is 13.6. The Morgan fingerprint density at radius 1 is 1.33 bits per heavy atom. The smallest absolute Gasteiger partial charge is 0.374 e. The van der Waals surface area contributed by atoms with Crippen LogP contribution in [0.2, 0.25) is 0 Å². The number of nitrogens with one attached hydrogen (secondary N) is 1. The number of hydrogen-bond acceptors (Lipinski definition) is 3. The Kier molecular flexibility index (Phi) is 4.85. The summed E-state index contributed by atoms with van der Waals surface area (Å²) in [5.41, 5.74) is -0.690. The lowest BCUT2D eigenvalue weighted by molar-refractivity contribution is -0.138. The van der Waals surface area contributed by atoms with E-state index in [9.17, 15) is 17.6 Å². The Labute approximate surface area is 120 Å². The van der Waals surface area contributed by atoms with Gasteiger partial charge >= 0.3 is 6.18 Å². The molecule has 1 aromatic rings. The molecule has 0 aliphatic carbocycles. The van der Waals surface area contributed by atoms with Crippen molar-refractivity contribution in [1.29, 1.82) is 0 Å². The Morgan fingerprint density at radius 3 is 2.67 bits per heavy atom. The van der Waals surface area contributed by atoms with Gasteiger partial charge in [-0.05, 0) is 37.9 Å². The minimum atomic E-state index is -4.57. The van der Waals surface area contributed by atoms with Gasteiger partial charge in [0.2, 0.25) is 0 Å². The number of halogens is 4. The van der Waals surface area contributed by atoms with E-state index in [0.29, 0.717) is 25.8 Å². The summed E-state index contributed by atoms with van der Waals surface area (Å²) in [5.74, 6) is -0.887. The van der Waals surface area contributed by atoms with Crippen molar-refractivity contribution in [1.82, 2.24) is 10.2 Å². The summed E-state index contributed by atoms with van der Waals surface area (Å²) in [6.07, 6.45) is -4.89. The predicted molar refractivity (Wildman–Crippen MR) is 70.4 cm³/mol. The molecule has 0 amide bonds. The number of likely N-dealkylation sites (N-methyl/N-ethyl adjacent to an activating group) is 2. The summed E-state index contributed by atoms with van der Waals surface area (Å²) in [5, 5.41) is 2.95. The first-order valence-corrected chi connectivity index (χ1v) is 6.67. The van der Waals surface area contributed by atoms with Crippen LogP contribution in [0.15, 0.2) is 18.2 Å². The van der Waals surface area contributed by atoms with Gasteiger partial charge in [0.1, 0.15) is 5.82 Å². The molecule has 1 heterocycles. The van der Waals surface area contributed by atoms with Crippen LogP contribution < -0.4 is 5.32 Å². The molecule has 2 atom stereocenters. The number of hydrogen-bond donors (Lipinski definition) is 1. The predicted octanol–water partition coefficient (Wildman–Crippen LogP) is 2.44. The van der Waals surface area contributed by atoms with Gasteiger partial charge in [-0.1, -0.05) is 0 Å². The molecule has 2 unspecified atom stereocenters. The first kappa shape index (κ1) is 16.2. The molecule has 1 fully saturated rings. The SMILES string of the molecule is CNCC1OCCN(C)C1c1cc(F)cc(C(F)(F)F)c1. The van der Waals surface area contributed by atoms with Crippen molar-refractivity contribution in [3.8, 4) is 0 Å². The molecule has 21 heavy (non-hydrogen) atoms. The summed E-state index contributed by atoms with van der Waals surface area (Å²) in [6, 6.07) is 2.25. The van der Waals surface area contributed by atoms with Crippen molar-refractivity contribution in [2.45, 2.75) is 18.3 Å². The van der Waals surface area contributed by atoms with Crippen molar-refractivity contribution in [3.05, 3.63) is 35.1 Å². The van der Waals surface area contributed by atoms with E-state index in [4.69, 9.17) is 4.74 Å². The highest BCUT2D eigenvalue weighted by molar-refractivity contribution is 5.30. The topological polar surface area (TPSA) is 24.5 Å². The van der Waals surface area contributed by atoms with Gasteiger partial charge in [-0.3, -0.25) is 4.90 Å². The molecule has 0 bridgehead atoms. The Balaban J connectivity index is 2.40. The summed E-state index contributed by atoms with van der Waals surface area (Å²) in [4.78, 5) is 1.89. The molecule has 0 spiro atoms. The second kappa shape index (κ2) is 6.29. The summed E-state index contributed by atoms with van der Waals surface area (Å²) < 4.78 is 57.7. The molecule has 1 aliphatic heterocycles. The highest BCUT2D eigenvalue weighted by atomic mass is 19.4. The zero-order valence-electron chi connectivity index (χ0n) is 11.9. The molecule has 0 aromatic heterocycles. The monoisotopic (exact) mass is 306 g/mol. The molecule has 7 heteroatoms. The number of nitrogens with zero attached hydrogens (tertiary/aromatic N) is 1. The molecule has 0 radical (unpaired) electrons. The number of rotatable bonds is 3. The standard InChI is InChI=1S/C14H18F4N2O/c1-19-8-12-13(20(2)3-4-21-12)9-5-10(14(16,17)18)7-11(15)6-9/h5-7,12-13,19H,3-4,8H2,1-2H3. The maximum Gasteiger partial charge on any atom is 0.416 e. The van der Waals surface area contributed by atoms with Crippen LogP contribution in [-0.4, -0.2) is 44.8 Å². The molecule has 118 valence electrons. The lowest BCUT2D eigenvalue weighted by Gasteiger charge is -2.39. The van der Waals surface area contributed by atoms with Gasteiger partial charge in [-0.25, -0.2) is 4.39 Å². The number of morpholine rings is 1. The van der Waals surface area contributed by atoms with E-state index in [1.165, 1.54) is 0 Å². The normalized spacial score (nSPS) is 24.3. The lowest BCUT2D eigenvalue weighted by Crippen LogP contribution is -2.47. The average molecular weight is 306 g/mol. The van der Waals surface area contributed by atoms with E-state index >= 15 is 0 Å². The molecule has 0 saturated carbocycles. The van der Waals surface area contributed by atoms with E-state index in [1.807, 2.05) is 4.90 Å². The zero-order valence-corrected chi connectivity index (χ0v) is 11.9. The van der Waals surface area contributed by atoms with Crippen molar-refractivity contribution in [2.24, 2.45) is 0 Å². The fraction of sp³-hybridized carbons (Fsp3) is 0.571. The number of benzene rings is 1. The van der Waals surface area contributed by atoms with Crippen LogP contribution in [0, 0.1) is 5.82 Å². The highest BCUT2D eigenvalue weighted by Gasteiger charge is 2.35. The van der Waals surface area contributed by atoms with Crippen LogP contribution >= 0.6 is 0 Å². The first-order valence-electron chi connectivity index (χ1n) is 6.67. The van der Waals surface area contributed by atoms with E-state index in [0.717, 1.165) is 12.1 Å². The van der Waals surface area contributed by atoms with Crippen LogP contribution in [0.3, 0.4) is 0 Å². The minimum absolute atomic E-state index is 0.282. The third-order valence-corrected chi connectivity index (χ3v) is 3.60. The third-order valence-electron chi connectivity index (χ3n) is 3.60.